The number of likely N-dealkylation sites (tertiary alicyclic amines) is 1. The summed E-state index contributed by atoms with van der Waals surface area (Å²) in [6.07, 6.45) is -0.629. The first kappa shape index (κ1) is 22.2. The minimum atomic E-state index is -0.875. The molecule has 2 aliphatic heterocycles. The molecule has 168 valence electrons. The third-order valence-electron chi connectivity index (χ3n) is 5.33. The average Bonchev–Trinajstić information content (AvgIpc) is 3.42. The third kappa shape index (κ3) is 4.32. The first-order valence-corrected chi connectivity index (χ1v) is 11.0. The Morgan fingerprint density at radius 1 is 1.28 bits per heavy atom. The Morgan fingerprint density at radius 3 is 2.69 bits per heavy atom. The fourth-order valence-electron chi connectivity index (χ4n) is 4.01. The van der Waals surface area contributed by atoms with E-state index in [-0.39, 0.29) is 30.4 Å². The summed E-state index contributed by atoms with van der Waals surface area (Å²) in [5.41, 5.74) is 0.749. The van der Waals surface area contributed by atoms with Crippen LogP contribution in [0.15, 0.2) is 47.4 Å². The van der Waals surface area contributed by atoms with Gasteiger partial charge >= 0.3 is 0 Å². The molecule has 3 heterocycles. The highest BCUT2D eigenvalue weighted by Crippen LogP contribution is 2.37. The van der Waals surface area contributed by atoms with Crippen LogP contribution < -0.4 is 5.32 Å². The Hall–Kier alpha value is -3.01. The van der Waals surface area contributed by atoms with Crippen LogP contribution in [0.1, 0.15) is 31.2 Å². The minimum absolute atomic E-state index is 0.0298. The quantitative estimate of drug-likeness (QED) is 0.407. The number of anilines is 1. The van der Waals surface area contributed by atoms with Gasteiger partial charge < -0.3 is 24.8 Å². The molecule has 9 heteroatoms. The molecule has 2 aromatic rings. The summed E-state index contributed by atoms with van der Waals surface area (Å²) >= 11 is 1.48. The number of Topliss-reactive ketones (excluding diaryl/α,β-unsaturated/α-hetero) is 1. The molecule has 0 bridgehead atoms. The second kappa shape index (κ2) is 8.50. The minimum Gasteiger partial charge on any atom is -0.507 e. The number of nitrogens with one attached hydrogen (secondary N) is 1. The van der Waals surface area contributed by atoms with Crippen LogP contribution in [-0.2, 0) is 30.4 Å². The Morgan fingerprint density at radius 2 is 2.06 bits per heavy atom. The molecule has 2 atom stereocenters. The van der Waals surface area contributed by atoms with Crippen LogP contribution in [0.2, 0.25) is 0 Å². The second-order valence-corrected chi connectivity index (χ2v) is 9.21. The maximum Gasteiger partial charge on any atom is 0.295 e. The highest BCUT2D eigenvalue weighted by Gasteiger charge is 2.52. The Balaban J connectivity index is 1.78. The number of hydrogen-bond acceptors (Lipinski definition) is 7. The number of benzene rings is 1. The number of amides is 2. The molecule has 2 saturated heterocycles. The van der Waals surface area contributed by atoms with Gasteiger partial charge in [0, 0.05) is 23.1 Å². The van der Waals surface area contributed by atoms with Gasteiger partial charge in [0.25, 0.3) is 11.7 Å². The smallest absolute Gasteiger partial charge is 0.295 e. The normalized spacial score (nSPS) is 24.2. The number of aliphatic hydroxyl groups is 1. The number of carbonyl (C=O) groups excluding carboxylic acids is 3. The van der Waals surface area contributed by atoms with E-state index in [0.29, 0.717) is 11.3 Å². The fraction of sp³-hybridized carbons (Fsp3) is 0.348. The van der Waals surface area contributed by atoms with Crippen molar-refractivity contribution in [3.05, 3.63) is 57.8 Å². The number of aliphatic hydroxyl groups excluding tert-OH is 1. The predicted molar refractivity (Wildman–Crippen MR) is 119 cm³/mol. The van der Waals surface area contributed by atoms with Crippen LogP contribution in [0, 0.1) is 0 Å². The Kier molecular flexibility index (Phi) is 5.89. The summed E-state index contributed by atoms with van der Waals surface area (Å²) in [6.45, 7) is 5.28. The number of rotatable bonds is 5. The van der Waals surface area contributed by atoms with E-state index in [9.17, 15) is 19.5 Å². The molecule has 2 fully saturated rings. The lowest BCUT2D eigenvalue weighted by atomic mass is 9.97. The van der Waals surface area contributed by atoms with Crippen molar-refractivity contribution in [3.8, 4) is 0 Å². The van der Waals surface area contributed by atoms with E-state index < -0.39 is 29.6 Å². The van der Waals surface area contributed by atoms with Gasteiger partial charge in [0.2, 0.25) is 5.91 Å². The topological polar surface area (TPSA) is 105 Å². The molecule has 8 nitrogen and oxygen atoms in total. The molecule has 0 radical (unpaired) electrons. The first-order chi connectivity index (χ1) is 15.2. The highest BCUT2D eigenvalue weighted by molar-refractivity contribution is 7.09. The van der Waals surface area contributed by atoms with Crippen LogP contribution in [0.5, 0.6) is 0 Å². The van der Waals surface area contributed by atoms with Gasteiger partial charge in [-0.05, 0) is 37.4 Å². The van der Waals surface area contributed by atoms with Crippen molar-refractivity contribution in [1.29, 1.82) is 0 Å². The Labute approximate surface area is 189 Å². The van der Waals surface area contributed by atoms with Gasteiger partial charge in [-0.1, -0.05) is 18.2 Å². The van der Waals surface area contributed by atoms with Crippen molar-refractivity contribution >= 4 is 40.4 Å². The van der Waals surface area contributed by atoms with Crippen molar-refractivity contribution in [2.24, 2.45) is 0 Å². The van der Waals surface area contributed by atoms with Crippen molar-refractivity contribution < 1.29 is 29.0 Å². The largest absolute Gasteiger partial charge is 0.507 e. The lowest BCUT2D eigenvalue weighted by Crippen LogP contribution is -2.43. The van der Waals surface area contributed by atoms with E-state index in [1.165, 1.54) is 23.2 Å². The molecule has 0 spiro atoms. The average molecular weight is 457 g/mol. The van der Waals surface area contributed by atoms with Gasteiger partial charge in [0.15, 0.2) is 5.79 Å². The molecule has 2 N–H and O–H groups in total. The van der Waals surface area contributed by atoms with Gasteiger partial charge in [-0.25, -0.2) is 0 Å². The molecule has 4 rings (SSSR count). The van der Waals surface area contributed by atoms with Crippen molar-refractivity contribution in [2.75, 3.05) is 11.9 Å². The maximum atomic E-state index is 13.1. The number of nitrogens with zero attached hydrogens (tertiary/aromatic N) is 1. The van der Waals surface area contributed by atoms with E-state index in [2.05, 4.69) is 5.32 Å². The summed E-state index contributed by atoms with van der Waals surface area (Å²) in [6, 6.07) is 9.42. The van der Waals surface area contributed by atoms with Crippen molar-refractivity contribution in [3.63, 3.8) is 0 Å². The monoisotopic (exact) mass is 456 g/mol. The van der Waals surface area contributed by atoms with Crippen LogP contribution >= 0.6 is 11.3 Å². The molecule has 2 aliphatic rings. The van der Waals surface area contributed by atoms with Crippen LogP contribution in [0.4, 0.5) is 5.69 Å². The standard InChI is InChI=1S/C23H24N2O6S/c1-13(26)24-15-7-4-6-14(10-15)20(27)18-19(17-12-30-23(2,3)31-17)25(22(29)21(18)28)11-16-8-5-9-32-16/h4-10,17,19,27H,11-12H2,1-3H3,(H,24,26)/b20-18+. The summed E-state index contributed by atoms with van der Waals surface area (Å²) in [7, 11) is 0. The van der Waals surface area contributed by atoms with Gasteiger partial charge in [-0.3, -0.25) is 14.4 Å². The molecule has 2 amide bonds. The van der Waals surface area contributed by atoms with Gasteiger partial charge in [-0.15, -0.1) is 11.3 Å². The lowest BCUT2D eigenvalue weighted by Gasteiger charge is -2.29. The summed E-state index contributed by atoms with van der Waals surface area (Å²) in [5.74, 6) is -2.93. The molecule has 1 aromatic carbocycles. The van der Waals surface area contributed by atoms with Crippen molar-refractivity contribution in [1.82, 2.24) is 4.90 Å². The molecule has 0 aliphatic carbocycles. The van der Waals surface area contributed by atoms with Crippen LogP contribution in [0.25, 0.3) is 5.76 Å². The van der Waals surface area contributed by atoms with Gasteiger partial charge in [0.1, 0.15) is 11.9 Å². The molecular weight excluding hydrogens is 432 g/mol. The fourth-order valence-corrected chi connectivity index (χ4v) is 4.71. The zero-order valence-electron chi connectivity index (χ0n) is 18.0. The van der Waals surface area contributed by atoms with E-state index in [0.717, 1.165) is 4.88 Å². The summed E-state index contributed by atoms with van der Waals surface area (Å²) in [5, 5.41) is 15.7. The molecule has 0 saturated carbocycles. The number of thiophene rings is 1. The zero-order valence-corrected chi connectivity index (χ0v) is 18.8. The second-order valence-electron chi connectivity index (χ2n) is 8.18. The number of ketones is 1. The van der Waals surface area contributed by atoms with Crippen molar-refractivity contribution in [2.45, 2.75) is 45.2 Å². The molecule has 32 heavy (non-hydrogen) atoms. The first-order valence-electron chi connectivity index (χ1n) is 10.2. The summed E-state index contributed by atoms with van der Waals surface area (Å²) < 4.78 is 11.7. The molecule has 2 unspecified atom stereocenters. The van der Waals surface area contributed by atoms with E-state index in [1.807, 2.05) is 17.5 Å². The third-order valence-corrected chi connectivity index (χ3v) is 6.19. The lowest BCUT2D eigenvalue weighted by molar-refractivity contribution is -0.149. The molecular formula is C23H24N2O6S. The maximum absolute atomic E-state index is 13.1. The van der Waals surface area contributed by atoms with Crippen LogP contribution in [-0.4, -0.2) is 52.1 Å². The van der Waals surface area contributed by atoms with Gasteiger partial charge in [-0.2, -0.15) is 0 Å². The molecule has 1 aromatic heterocycles. The van der Waals surface area contributed by atoms with E-state index >= 15 is 0 Å². The van der Waals surface area contributed by atoms with Gasteiger partial charge in [0.05, 0.1) is 24.8 Å². The predicted octanol–water partition coefficient (Wildman–Crippen LogP) is 3.11. The Bertz CT molecular complexity index is 1090. The van der Waals surface area contributed by atoms with E-state index in [1.54, 1.807) is 38.1 Å². The SMILES string of the molecule is CC(=O)Nc1cccc(/C(O)=C2\C(=O)C(=O)N(Cc3cccs3)C2C2COC(C)(C)O2)c1. The zero-order chi connectivity index (χ0) is 23.0. The number of hydrogen-bond donors (Lipinski definition) is 2. The van der Waals surface area contributed by atoms with E-state index in [4.69, 9.17) is 9.47 Å². The summed E-state index contributed by atoms with van der Waals surface area (Å²) in [4.78, 5) is 39.8. The highest BCUT2D eigenvalue weighted by atomic mass is 32.1. The number of carbonyl (C=O) groups is 3. The van der Waals surface area contributed by atoms with Crippen LogP contribution in [0.3, 0.4) is 0 Å². The number of ether oxygens (including phenoxy) is 2.